The third-order valence-electron chi connectivity index (χ3n) is 7.47. The van der Waals surface area contributed by atoms with E-state index in [9.17, 15) is 27.6 Å². The summed E-state index contributed by atoms with van der Waals surface area (Å²) < 4.78 is 37.8. The van der Waals surface area contributed by atoms with Gasteiger partial charge in [-0.1, -0.05) is 106 Å². The Morgan fingerprint density at radius 2 is 1.62 bits per heavy atom. The molecule has 0 radical (unpaired) electrons. The van der Waals surface area contributed by atoms with Gasteiger partial charge in [0.2, 0.25) is 5.78 Å². The Labute approximate surface area is 276 Å². The van der Waals surface area contributed by atoms with Crippen LogP contribution in [0.5, 0.6) is 0 Å². The highest BCUT2D eigenvalue weighted by Gasteiger charge is 2.42. The fraction of sp³-hybridized carbons (Fsp3) is 0.308. The van der Waals surface area contributed by atoms with Gasteiger partial charge in [0.1, 0.15) is 6.29 Å². The van der Waals surface area contributed by atoms with Gasteiger partial charge < -0.3 is 10.6 Å². The second-order valence-electron chi connectivity index (χ2n) is 10.7. The maximum absolute atomic E-state index is 12.6. The van der Waals surface area contributed by atoms with Gasteiger partial charge in [-0.05, 0) is 72.8 Å². The second-order valence-corrected chi connectivity index (χ2v) is 10.7. The van der Waals surface area contributed by atoms with E-state index in [1.807, 2.05) is 31.2 Å². The predicted octanol–water partition coefficient (Wildman–Crippen LogP) is 8.21. The Morgan fingerprint density at radius 1 is 0.957 bits per heavy atom. The first kappa shape index (κ1) is 38.4. The van der Waals surface area contributed by atoms with Crippen molar-refractivity contribution in [2.45, 2.75) is 64.6 Å². The fourth-order valence-electron chi connectivity index (χ4n) is 4.54. The van der Waals surface area contributed by atoms with E-state index in [0.717, 1.165) is 42.1 Å². The Kier molecular flexibility index (Phi) is 15.6. The number of aldehydes is 1. The van der Waals surface area contributed by atoms with Crippen molar-refractivity contribution in [1.29, 1.82) is 0 Å². The number of amides is 1. The highest BCUT2D eigenvalue weighted by Crippen LogP contribution is 2.45. The quantitative estimate of drug-likeness (QED) is 0.101. The number of carbonyl (C=O) groups is 3. The number of aryl methyl sites for hydroxylation is 1. The highest BCUT2D eigenvalue weighted by molar-refractivity contribution is 6.36. The molecule has 0 bridgehead atoms. The van der Waals surface area contributed by atoms with Crippen LogP contribution in [0.2, 0.25) is 0 Å². The molecule has 1 fully saturated rings. The summed E-state index contributed by atoms with van der Waals surface area (Å²) in [6.45, 7) is 8.63. The number of fused-ring (bicyclic) bond motifs is 1. The minimum absolute atomic E-state index is 0.0750. The molecule has 0 heterocycles. The van der Waals surface area contributed by atoms with E-state index in [-0.39, 0.29) is 30.5 Å². The van der Waals surface area contributed by atoms with E-state index in [1.54, 1.807) is 13.8 Å². The van der Waals surface area contributed by atoms with Crippen molar-refractivity contribution in [2.75, 3.05) is 13.6 Å². The maximum Gasteiger partial charge on any atom is 0.416 e. The molecule has 2 N–H and O–H groups in total. The van der Waals surface area contributed by atoms with Crippen LogP contribution in [0, 0.1) is 11.8 Å². The maximum atomic E-state index is 12.6. The topological polar surface area (TPSA) is 75.3 Å². The zero-order valence-corrected chi connectivity index (χ0v) is 27.5. The number of hydrogen-bond donors (Lipinski definition) is 2. The Bertz CT molecular complexity index is 1650. The predicted molar refractivity (Wildman–Crippen MR) is 184 cm³/mol. The molecule has 0 atom stereocenters. The molecule has 248 valence electrons. The standard InChI is InChI=1S/C16H18F3NO2.C14H15N.C9H10O/c1-4-7-13(16(17,18)19)10-9-12(3)8-6-11-20-15(22)14(21)5-2;1-15-14(8-9-14)13-7-6-11-4-2-3-5-12(11)10-13;1-2-8-5-3-4-6-9(8)7-10/h7,9-10H,3-5,11H2,1-2H3,(H,20,22);2-7,10,15H,8-9H2,1H3;3-7H,2H2,1H3/b10-9-,13-7+;;. The first-order chi connectivity index (χ1) is 22.4. The van der Waals surface area contributed by atoms with Crippen LogP contribution in [0.25, 0.3) is 10.8 Å². The average Bonchev–Trinajstić information content (AvgIpc) is 3.89. The molecule has 8 heteroatoms. The number of carbonyl (C=O) groups excluding carboxylic acids is 3. The number of halogens is 3. The first-order valence-electron chi connectivity index (χ1n) is 15.6. The van der Waals surface area contributed by atoms with Crippen molar-refractivity contribution < 1.29 is 27.6 Å². The molecule has 1 aliphatic rings. The van der Waals surface area contributed by atoms with Gasteiger partial charge in [-0.2, -0.15) is 13.2 Å². The molecule has 0 aliphatic heterocycles. The van der Waals surface area contributed by atoms with Gasteiger partial charge in [0.05, 0.1) is 12.1 Å². The van der Waals surface area contributed by atoms with Gasteiger partial charge >= 0.3 is 6.18 Å². The normalized spacial score (nSPS) is 13.2. The molecule has 5 nitrogen and oxygen atoms in total. The minimum Gasteiger partial charge on any atom is -0.339 e. The Balaban J connectivity index is 0.000000263. The lowest BCUT2D eigenvalue weighted by molar-refractivity contribution is -0.137. The number of hydrogen-bond acceptors (Lipinski definition) is 4. The summed E-state index contributed by atoms with van der Waals surface area (Å²) in [6.07, 6.45) is 3.41. The summed E-state index contributed by atoms with van der Waals surface area (Å²) in [7, 11) is 2.06. The summed E-state index contributed by atoms with van der Waals surface area (Å²) in [5.41, 5.74) is 3.05. The molecule has 0 unspecified atom stereocenters. The van der Waals surface area contributed by atoms with Crippen molar-refractivity contribution in [2.24, 2.45) is 0 Å². The summed E-state index contributed by atoms with van der Waals surface area (Å²) >= 11 is 0. The number of rotatable bonds is 10. The van der Waals surface area contributed by atoms with Crippen LogP contribution in [-0.2, 0) is 21.5 Å². The van der Waals surface area contributed by atoms with Gasteiger partial charge in [-0.15, -0.1) is 0 Å². The third-order valence-corrected chi connectivity index (χ3v) is 7.47. The van der Waals surface area contributed by atoms with Gasteiger partial charge in [-0.25, -0.2) is 0 Å². The fourth-order valence-corrected chi connectivity index (χ4v) is 4.54. The molecular weight excluding hydrogens is 601 g/mol. The van der Waals surface area contributed by atoms with Crippen LogP contribution in [0.4, 0.5) is 13.2 Å². The molecule has 0 aromatic heterocycles. The van der Waals surface area contributed by atoms with E-state index < -0.39 is 23.4 Å². The molecule has 1 saturated carbocycles. The SMILES string of the molecule is C=C(C#CCNC(=O)C(=O)CC)/C=C\C(=C/CC)C(F)(F)F.CCc1ccccc1C=O.CNC1(c2ccc3ccccc3c2)CC1. The van der Waals surface area contributed by atoms with Crippen molar-refractivity contribution in [3.8, 4) is 11.8 Å². The summed E-state index contributed by atoms with van der Waals surface area (Å²) in [5, 5.41) is 8.38. The molecule has 3 aromatic rings. The van der Waals surface area contributed by atoms with E-state index in [2.05, 4.69) is 78.6 Å². The van der Waals surface area contributed by atoms with E-state index in [0.29, 0.717) is 0 Å². The zero-order chi connectivity index (χ0) is 34.9. The monoisotopic (exact) mass is 644 g/mol. The summed E-state index contributed by atoms with van der Waals surface area (Å²) in [6, 6.07) is 23.0. The lowest BCUT2D eigenvalue weighted by Gasteiger charge is -2.15. The van der Waals surface area contributed by atoms with Crippen molar-refractivity contribution in [3.63, 3.8) is 0 Å². The Hall–Kier alpha value is -4.74. The zero-order valence-electron chi connectivity index (χ0n) is 27.5. The van der Waals surface area contributed by atoms with Crippen LogP contribution < -0.4 is 10.6 Å². The van der Waals surface area contributed by atoms with Gasteiger partial charge in [0.25, 0.3) is 5.91 Å². The van der Waals surface area contributed by atoms with Gasteiger partial charge in [-0.3, -0.25) is 14.4 Å². The summed E-state index contributed by atoms with van der Waals surface area (Å²) in [5.74, 6) is 3.71. The van der Waals surface area contributed by atoms with Gasteiger partial charge in [0, 0.05) is 23.1 Å². The molecule has 47 heavy (non-hydrogen) atoms. The van der Waals surface area contributed by atoms with E-state index in [4.69, 9.17) is 0 Å². The van der Waals surface area contributed by atoms with Crippen LogP contribution in [-0.4, -0.2) is 37.7 Å². The number of benzene rings is 3. The minimum atomic E-state index is -4.42. The second kappa shape index (κ2) is 19.0. The van der Waals surface area contributed by atoms with Crippen LogP contribution >= 0.6 is 0 Å². The van der Waals surface area contributed by atoms with Crippen LogP contribution in [0.15, 0.2) is 103 Å². The number of ketones is 1. The van der Waals surface area contributed by atoms with E-state index in [1.165, 1.54) is 29.2 Å². The number of allylic oxidation sites excluding steroid dienone is 5. The third kappa shape index (κ3) is 12.5. The molecule has 4 rings (SSSR count). The van der Waals surface area contributed by atoms with Crippen LogP contribution in [0.1, 0.15) is 67.9 Å². The number of alkyl halides is 3. The van der Waals surface area contributed by atoms with Crippen LogP contribution in [0.3, 0.4) is 0 Å². The molecule has 3 aromatic carbocycles. The Morgan fingerprint density at radius 3 is 2.17 bits per heavy atom. The van der Waals surface area contributed by atoms with Crippen molar-refractivity contribution in [3.05, 3.63) is 119 Å². The van der Waals surface area contributed by atoms with E-state index >= 15 is 0 Å². The first-order valence-corrected chi connectivity index (χ1v) is 15.6. The lowest BCUT2D eigenvalue weighted by atomic mass is 10.0. The molecule has 1 aliphatic carbocycles. The smallest absolute Gasteiger partial charge is 0.339 e. The summed E-state index contributed by atoms with van der Waals surface area (Å²) in [4.78, 5) is 32.5. The lowest BCUT2D eigenvalue weighted by Crippen LogP contribution is -2.30. The molecule has 1 amide bonds. The molecule has 0 spiro atoms. The molecular formula is C39H43F3N2O3. The number of Topliss-reactive ketones (excluding diaryl/α,β-unsaturated/α-hetero) is 1. The van der Waals surface area contributed by atoms with Crippen molar-refractivity contribution >= 4 is 28.7 Å². The average molecular weight is 645 g/mol. The number of nitrogens with one attached hydrogen (secondary N) is 2. The molecule has 0 saturated heterocycles. The van der Waals surface area contributed by atoms with Crippen molar-refractivity contribution in [1.82, 2.24) is 10.6 Å². The highest BCUT2D eigenvalue weighted by atomic mass is 19.4. The largest absolute Gasteiger partial charge is 0.416 e. The van der Waals surface area contributed by atoms with Gasteiger partial charge in [0.15, 0.2) is 0 Å².